The van der Waals surface area contributed by atoms with Crippen LogP contribution in [0.15, 0.2) is 18.3 Å². The fourth-order valence-electron chi connectivity index (χ4n) is 1.27. The standard InChI is InChI=1S/C12H17NO2/c1-12(2,3)10-6-4-9(8-13-10)5-7-11(14)15/h4,6,8H,5,7H2,1-3H3,(H,14,15). The van der Waals surface area contributed by atoms with Crippen molar-refractivity contribution in [3.05, 3.63) is 29.6 Å². The van der Waals surface area contributed by atoms with E-state index in [9.17, 15) is 4.79 Å². The van der Waals surface area contributed by atoms with E-state index in [1.54, 1.807) is 6.20 Å². The molecule has 0 spiro atoms. The van der Waals surface area contributed by atoms with Gasteiger partial charge in [-0.3, -0.25) is 9.78 Å². The van der Waals surface area contributed by atoms with Crippen LogP contribution in [0.3, 0.4) is 0 Å². The highest BCUT2D eigenvalue weighted by Gasteiger charge is 2.14. The van der Waals surface area contributed by atoms with Crippen molar-refractivity contribution in [1.82, 2.24) is 4.98 Å². The molecule has 1 aromatic heterocycles. The Labute approximate surface area is 90.2 Å². The Hall–Kier alpha value is -1.38. The molecule has 0 atom stereocenters. The van der Waals surface area contributed by atoms with Crippen molar-refractivity contribution in [3.8, 4) is 0 Å². The first-order valence-electron chi connectivity index (χ1n) is 5.07. The molecule has 1 N–H and O–H groups in total. The Kier molecular flexibility index (Phi) is 3.45. The molecule has 0 aliphatic rings. The lowest BCUT2D eigenvalue weighted by Gasteiger charge is -2.17. The average Bonchev–Trinajstić information content (AvgIpc) is 2.14. The molecule has 0 aromatic carbocycles. The molecule has 0 unspecified atom stereocenters. The highest BCUT2D eigenvalue weighted by atomic mass is 16.4. The van der Waals surface area contributed by atoms with Gasteiger partial charge in [-0.2, -0.15) is 0 Å². The zero-order chi connectivity index (χ0) is 11.5. The maximum Gasteiger partial charge on any atom is 0.303 e. The number of aliphatic carboxylic acids is 1. The van der Waals surface area contributed by atoms with Crippen LogP contribution < -0.4 is 0 Å². The number of carboxylic acids is 1. The smallest absolute Gasteiger partial charge is 0.303 e. The van der Waals surface area contributed by atoms with Gasteiger partial charge >= 0.3 is 5.97 Å². The first-order chi connectivity index (χ1) is 6.89. The van der Waals surface area contributed by atoms with Gasteiger partial charge in [0.05, 0.1) is 0 Å². The van der Waals surface area contributed by atoms with Crippen LogP contribution in [0.2, 0.25) is 0 Å². The van der Waals surface area contributed by atoms with Crippen LogP contribution >= 0.6 is 0 Å². The number of rotatable bonds is 3. The Morgan fingerprint density at radius 2 is 2.07 bits per heavy atom. The molecule has 0 radical (unpaired) electrons. The van der Waals surface area contributed by atoms with Crippen molar-refractivity contribution in [2.45, 2.75) is 39.0 Å². The van der Waals surface area contributed by atoms with E-state index >= 15 is 0 Å². The van der Waals surface area contributed by atoms with Gasteiger partial charge in [-0.25, -0.2) is 0 Å². The van der Waals surface area contributed by atoms with Gasteiger partial charge in [0.25, 0.3) is 0 Å². The predicted octanol–water partition coefficient (Wildman–Crippen LogP) is 2.40. The van der Waals surface area contributed by atoms with Crippen molar-refractivity contribution < 1.29 is 9.90 Å². The Balaban J connectivity index is 2.69. The van der Waals surface area contributed by atoms with Crippen molar-refractivity contribution in [2.75, 3.05) is 0 Å². The Bertz CT molecular complexity index is 336. The summed E-state index contributed by atoms with van der Waals surface area (Å²) in [6, 6.07) is 3.92. The summed E-state index contributed by atoms with van der Waals surface area (Å²) < 4.78 is 0. The molecule has 0 aliphatic carbocycles. The lowest BCUT2D eigenvalue weighted by molar-refractivity contribution is -0.136. The second-order valence-corrected chi connectivity index (χ2v) is 4.70. The molecule has 1 heterocycles. The summed E-state index contributed by atoms with van der Waals surface area (Å²) in [6.45, 7) is 6.31. The maximum atomic E-state index is 10.4. The summed E-state index contributed by atoms with van der Waals surface area (Å²) in [6.07, 6.45) is 2.48. The number of hydrogen-bond donors (Lipinski definition) is 1. The molecular formula is C12H17NO2. The van der Waals surface area contributed by atoms with Crippen LogP contribution in [-0.2, 0) is 16.6 Å². The van der Waals surface area contributed by atoms with E-state index < -0.39 is 5.97 Å². The van der Waals surface area contributed by atoms with Gasteiger partial charge in [-0.05, 0) is 18.1 Å². The van der Waals surface area contributed by atoms with Gasteiger partial charge in [-0.15, -0.1) is 0 Å². The topological polar surface area (TPSA) is 50.2 Å². The molecule has 0 aliphatic heterocycles. The number of nitrogens with zero attached hydrogens (tertiary/aromatic N) is 1. The first kappa shape index (κ1) is 11.7. The Morgan fingerprint density at radius 3 is 2.47 bits per heavy atom. The largest absolute Gasteiger partial charge is 0.481 e. The molecule has 0 bridgehead atoms. The second-order valence-electron chi connectivity index (χ2n) is 4.70. The van der Waals surface area contributed by atoms with Gasteiger partial charge in [0.1, 0.15) is 0 Å². The summed E-state index contributed by atoms with van der Waals surface area (Å²) in [5.74, 6) is -0.769. The Morgan fingerprint density at radius 1 is 1.40 bits per heavy atom. The number of pyridine rings is 1. The fourth-order valence-corrected chi connectivity index (χ4v) is 1.27. The highest BCUT2D eigenvalue weighted by Crippen LogP contribution is 2.19. The van der Waals surface area contributed by atoms with Gasteiger partial charge in [0.15, 0.2) is 0 Å². The van der Waals surface area contributed by atoms with Gasteiger partial charge in [0, 0.05) is 23.7 Å². The summed E-state index contributed by atoms with van der Waals surface area (Å²) in [5, 5.41) is 8.54. The highest BCUT2D eigenvalue weighted by molar-refractivity contribution is 5.67. The number of hydrogen-bond acceptors (Lipinski definition) is 2. The van der Waals surface area contributed by atoms with E-state index in [0.29, 0.717) is 6.42 Å². The van der Waals surface area contributed by atoms with Crippen LogP contribution in [0.1, 0.15) is 38.4 Å². The number of aryl methyl sites for hydroxylation is 1. The van der Waals surface area contributed by atoms with E-state index in [4.69, 9.17) is 5.11 Å². The van der Waals surface area contributed by atoms with E-state index in [1.165, 1.54) is 0 Å². The zero-order valence-electron chi connectivity index (χ0n) is 9.45. The molecule has 15 heavy (non-hydrogen) atoms. The van der Waals surface area contributed by atoms with Gasteiger partial charge in [-0.1, -0.05) is 26.8 Å². The number of carbonyl (C=O) groups is 1. The second kappa shape index (κ2) is 4.43. The molecule has 0 saturated heterocycles. The van der Waals surface area contributed by atoms with Crippen LogP contribution in [0.25, 0.3) is 0 Å². The molecule has 0 amide bonds. The van der Waals surface area contributed by atoms with E-state index in [0.717, 1.165) is 11.3 Å². The third-order valence-electron chi connectivity index (χ3n) is 2.22. The van der Waals surface area contributed by atoms with Crippen molar-refractivity contribution in [3.63, 3.8) is 0 Å². The van der Waals surface area contributed by atoms with Gasteiger partial charge in [0.2, 0.25) is 0 Å². The summed E-state index contributed by atoms with van der Waals surface area (Å²) in [4.78, 5) is 14.7. The summed E-state index contributed by atoms with van der Waals surface area (Å²) in [7, 11) is 0. The lowest BCUT2D eigenvalue weighted by Crippen LogP contribution is -2.13. The minimum absolute atomic E-state index is 0.0470. The fraction of sp³-hybridized carbons (Fsp3) is 0.500. The molecule has 0 saturated carbocycles. The van der Waals surface area contributed by atoms with Crippen molar-refractivity contribution in [2.24, 2.45) is 0 Å². The van der Waals surface area contributed by atoms with Gasteiger partial charge < -0.3 is 5.11 Å². The van der Waals surface area contributed by atoms with Crippen LogP contribution in [0.4, 0.5) is 0 Å². The molecule has 3 heteroatoms. The summed E-state index contributed by atoms with van der Waals surface area (Å²) >= 11 is 0. The quantitative estimate of drug-likeness (QED) is 0.828. The molecular weight excluding hydrogens is 190 g/mol. The van der Waals surface area contributed by atoms with E-state index in [-0.39, 0.29) is 11.8 Å². The monoisotopic (exact) mass is 207 g/mol. The van der Waals surface area contributed by atoms with Crippen LogP contribution in [-0.4, -0.2) is 16.1 Å². The molecule has 1 aromatic rings. The average molecular weight is 207 g/mol. The maximum absolute atomic E-state index is 10.4. The lowest BCUT2D eigenvalue weighted by atomic mass is 9.91. The van der Waals surface area contributed by atoms with E-state index in [1.807, 2.05) is 12.1 Å². The van der Waals surface area contributed by atoms with Crippen LogP contribution in [0, 0.1) is 0 Å². The normalized spacial score (nSPS) is 11.4. The molecule has 82 valence electrons. The zero-order valence-corrected chi connectivity index (χ0v) is 9.45. The summed E-state index contributed by atoms with van der Waals surface area (Å²) in [5.41, 5.74) is 2.05. The molecule has 1 rings (SSSR count). The number of carboxylic acid groups (broad SMARTS) is 1. The molecule has 3 nitrogen and oxygen atoms in total. The third-order valence-corrected chi connectivity index (χ3v) is 2.22. The van der Waals surface area contributed by atoms with Crippen molar-refractivity contribution in [1.29, 1.82) is 0 Å². The van der Waals surface area contributed by atoms with Crippen molar-refractivity contribution >= 4 is 5.97 Å². The minimum atomic E-state index is -0.769. The number of aromatic nitrogens is 1. The SMILES string of the molecule is CC(C)(C)c1ccc(CCC(=O)O)cn1. The van der Waals surface area contributed by atoms with Crippen LogP contribution in [0.5, 0.6) is 0 Å². The molecule has 0 fully saturated rings. The predicted molar refractivity (Wildman–Crippen MR) is 58.9 cm³/mol. The third kappa shape index (κ3) is 3.70. The first-order valence-corrected chi connectivity index (χ1v) is 5.07. The minimum Gasteiger partial charge on any atom is -0.481 e. The van der Waals surface area contributed by atoms with E-state index in [2.05, 4.69) is 25.8 Å².